The number of pyridine rings is 2. The number of carbonyl (C=O) groups is 1. The molecule has 2 aromatic heterocycles. The Morgan fingerprint density at radius 1 is 0.917 bits per heavy atom. The van der Waals surface area contributed by atoms with E-state index in [9.17, 15) is 10.1 Å². The average Bonchev–Trinajstić information content (AvgIpc) is 2.90. The fourth-order valence-electron chi connectivity index (χ4n) is 2.34. The molecule has 2 heterocycles. The van der Waals surface area contributed by atoms with E-state index in [1.807, 2.05) is 60.7 Å². The summed E-state index contributed by atoms with van der Waals surface area (Å²) in [5.74, 6) is -0.411. The zero-order chi connectivity index (χ0) is 25.9. The molecule has 0 radical (unpaired) electrons. The molecular formula is C24H21N4O6PdS-. The first-order valence-electron chi connectivity index (χ1n) is 9.81. The summed E-state index contributed by atoms with van der Waals surface area (Å²) in [6.07, 6.45) is 5.21. The molecular weight excluding hydrogens is 579 g/mol. The summed E-state index contributed by atoms with van der Waals surface area (Å²) in [5, 5.41) is 18.0. The summed E-state index contributed by atoms with van der Waals surface area (Å²) in [7, 11) is 0. The number of carboxylic acids is 1. The summed E-state index contributed by atoms with van der Waals surface area (Å²) in [4.78, 5) is 32.6. The minimum absolute atomic E-state index is 0. The van der Waals surface area contributed by atoms with E-state index in [1.54, 1.807) is 18.6 Å². The molecule has 1 N–H and O–H groups in total. The zero-order valence-electron chi connectivity index (χ0n) is 18.8. The number of hydrogen-bond donors (Lipinski definition) is 1. The fourth-order valence-corrected chi connectivity index (χ4v) is 2.34. The first kappa shape index (κ1) is 31.9. The van der Waals surface area contributed by atoms with E-state index in [-0.39, 0.29) is 26.1 Å². The average molecular weight is 600 g/mol. The second-order valence-electron chi connectivity index (χ2n) is 6.21. The number of nitro groups is 1. The molecule has 4 aromatic rings. The standard InChI is InChI=1S/C17H12N3O3.C5H5N.C2H4O2.OS.Pd/c21-20(22)13-8-10-14(11-9-13)23-19-17-7-2-1-5-15(17)16-6-3-4-12-18-16;1-2-4-6-5-3-1;1-2(3)4;1-2;/h1-12H;1-5H;1H3,(H,3,4);;/q-1;;;;. The van der Waals surface area contributed by atoms with Crippen molar-refractivity contribution >= 4 is 29.9 Å². The van der Waals surface area contributed by atoms with E-state index in [4.69, 9.17) is 18.9 Å². The minimum atomic E-state index is -0.833. The van der Waals surface area contributed by atoms with Gasteiger partial charge in [-0.15, -0.1) is 5.69 Å². The Balaban J connectivity index is 0.000000786. The molecule has 36 heavy (non-hydrogen) atoms. The Morgan fingerprint density at radius 3 is 1.94 bits per heavy atom. The van der Waals surface area contributed by atoms with Crippen LogP contribution in [-0.4, -0.2) is 30.2 Å². The van der Waals surface area contributed by atoms with Crippen molar-refractivity contribution in [3.63, 3.8) is 0 Å². The molecule has 0 aliphatic heterocycles. The van der Waals surface area contributed by atoms with E-state index in [1.165, 1.54) is 24.3 Å². The topological polar surface area (TPSA) is 147 Å². The Hall–Kier alpha value is -4.11. The van der Waals surface area contributed by atoms with Gasteiger partial charge in [-0.1, -0.05) is 36.4 Å². The quantitative estimate of drug-likeness (QED) is 0.179. The summed E-state index contributed by atoms with van der Waals surface area (Å²) in [6, 6.07) is 24.6. The third-order valence-electron chi connectivity index (χ3n) is 3.71. The molecule has 190 valence electrons. The largest absolute Gasteiger partial charge is 0.557 e. The van der Waals surface area contributed by atoms with Gasteiger partial charge in [0.1, 0.15) is 5.75 Å². The van der Waals surface area contributed by atoms with Crippen molar-refractivity contribution in [1.29, 1.82) is 0 Å². The van der Waals surface area contributed by atoms with E-state index in [2.05, 4.69) is 28.0 Å². The van der Waals surface area contributed by atoms with Crippen molar-refractivity contribution in [1.82, 2.24) is 9.97 Å². The second kappa shape index (κ2) is 19.2. The molecule has 0 aliphatic carbocycles. The Kier molecular flexibility index (Phi) is 17.0. The maximum Gasteiger partial charge on any atom is 0.300 e. The number of aromatic nitrogens is 2. The van der Waals surface area contributed by atoms with Gasteiger partial charge in [0.2, 0.25) is 0 Å². The van der Waals surface area contributed by atoms with Gasteiger partial charge >= 0.3 is 0 Å². The van der Waals surface area contributed by atoms with Gasteiger partial charge in [0.15, 0.2) is 12.5 Å². The molecule has 2 aromatic carbocycles. The van der Waals surface area contributed by atoms with Gasteiger partial charge < -0.3 is 15.4 Å². The van der Waals surface area contributed by atoms with Crippen molar-refractivity contribution in [2.75, 3.05) is 0 Å². The van der Waals surface area contributed by atoms with Crippen molar-refractivity contribution in [2.45, 2.75) is 6.92 Å². The van der Waals surface area contributed by atoms with Gasteiger partial charge in [0.25, 0.3) is 11.7 Å². The van der Waals surface area contributed by atoms with Gasteiger partial charge in [-0.05, 0) is 42.0 Å². The van der Waals surface area contributed by atoms with E-state index in [0.29, 0.717) is 11.4 Å². The third-order valence-corrected chi connectivity index (χ3v) is 3.71. The summed E-state index contributed by atoms with van der Waals surface area (Å²) >= 11 is 2.83. The van der Waals surface area contributed by atoms with Gasteiger partial charge in [0.05, 0.1) is 10.6 Å². The van der Waals surface area contributed by atoms with Crippen LogP contribution in [0.5, 0.6) is 5.75 Å². The van der Waals surface area contributed by atoms with Crippen LogP contribution in [0, 0.1) is 10.1 Å². The maximum atomic E-state index is 10.6. The van der Waals surface area contributed by atoms with Crippen molar-refractivity contribution in [2.24, 2.45) is 0 Å². The predicted molar refractivity (Wildman–Crippen MR) is 132 cm³/mol. The predicted octanol–water partition coefficient (Wildman–Crippen LogP) is 5.49. The van der Waals surface area contributed by atoms with E-state index < -0.39 is 10.9 Å². The molecule has 0 saturated carbocycles. The maximum absolute atomic E-state index is 10.6. The number of non-ortho nitro benzene ring substituents is 1. The minimum Gasteiger partial charge on any atom is -0.557 e. The number of carboxylic acid groups (broad SMARTS) is 1. The van der Waals surface area contributed by atoms with Gasteiger partial charge in [-0.25, -0.2) is 0 Å². The Bertz CT molecular complexity index is 1130. The first-order valence-corrected chi connectivity index (χ1v) is 10.1. The molecule has 0 unspecified atom stereocenters. The van der Waals surface area contributed by atoms with Crippen molar-refractivity contribution in [3.8, 4) is 17.0 Å². The van der Waals surface area contributed by atoms with Crippen LogP contribution in [0.4, 0.5) is 11.4 Å². The van der Waals surface area contributed by atoms with E-state index in [0.717, 1.165) is 18.2 Å². The van der Waals surface area contributed by atoms with Gasteiger partial charge in [0, 0.05) is 58.1 Å². The molecule has 12 heteroatoms. The van der Waals surface area contributed by atoms with Crippen LogP contribution in [0.25, 0.3) is 16.7 Å². The van der Waals surface area contributed by atoms with Crippen LogP contribution >= 0.6 is 0 Å². The molecule has 0 bridgehead atoms. The number of aliphatic carboxylic acids is 1. The Morgan fingerprint density at radius 2 is 1.47 bits per heavy atom. The molecule has 4 rings (SSSR count). The second-order valence-corrected chi connectivity index (χ2v) is 6.21. The van der Waals surface area contributed by atoms with Gasteiger partial charge in [-0.2, -0.15) is 4.21 Å². The summed E-state index contributed by atoms with van der Waals surface area (Å²) in [5.41, 5.74) is 6.39. The smallest absolute Gasteiger partial charge is 0.300 e. The number of nitrogens with zero attached hydrogens (tertiary/aromatic N) is 4. The van der Waals surface area contributed by atoms with Crippen LogP contribution in [-0.2, 0) is 37.8 Å². The molecule has 0 saturated heterocycles. The molecule has 10 nitrogen and oxygen atoms in total. The first-order chi connectivity index (χ1) is 17.0. The number of hydrogen-bond acceptors (Lipinski definition) is 8. The molecule has 0 atom stereocenters. The molecule has 0 spiro atoms. The summed E-state index contributed by atoms with van der Waals surface area (Å²) < 4.78 is 7.83. The Labute approximate surface area is 226 Å². The number of benzene rings is 2. The van der Waals surface area contributed by atoms with Crippen LogP contribution < -0.4 is 4.84 Å². The van der Waals surface area contributed by atoms with Crippen LogP contribution in [0.15, 0.2) is 104 Å². The fraction of sp³-hybridized carbons (Fsp3) is 0.0417. The molecule has 0 fully saturated rings. The van der Waals surface area contributed by atoms with Crippen LogP contribution in [0.2, 0.25) is 0 Å². The zero-order valence-corrected chi connectivity index (χ0v) is 21.2. The van der Waals surface area contributed by atoms with Gasteiger partial charge in [-0.3, -0.25) is 24.9 Å². The van der Waals surface area contributed by atoms with Crippen molar-refractivity contribution in [3.05, 3.63) is 119 Å². The molecule has 0 aliphatic rings. The SMILES string of the molecule is CC(=O)O.O=S.O=[N+]([O-])c1ccc(O[N-]c2ccccc2-c2ccccn2)cc1.[Pd].c1ccncc1. The van der Waals surface area contributed by atoms with Crippen LogP contribution in [0.1, 0.15) is 6.92 Å². The monoisotopic (exact) mass is 599 g/mol. The van der Waals surface area contributed by atoms with Crippen LogP contribution in [0.3, 0.4) is 0 Å². The number of nitro benzene ring substituents is 1. The number of rotatable bonds is 5. The molecule has 0 amide bonds. The van der Waals surface area contributed by atoms with E-state index >= 15 is 0 Å². The summed E-state index contributed by atoms with van der Waals surface area (Å²) in [6.45, 7) is 1.08. The van der Waals surface area contributed by atoms with Crippen molar-refractivity contribution < 1.29 is 44.3 Å². The normalized spacial score (nSPS) is 8.58. The third kappa shape index (κ3) is 13.0.